The fraction of sp³-hybridized carbons (Fsp3) is 0.556. The summed E-state index contributed by atoms with van der Waals surface area (Å²) in [7, 11) is 2.01. The Morgan fingerprint density at radius 2 is 1.82 bits per heavy atom. The Bertz CT molecular complexity index is 1380. The molecule has 214 valence electrons. The second-order valence-corrected chi connectivity index (χ2v) is 11.1. The van der Waals surface area contributed by atoms with Crippen LogP contribution in [0.3, 0.4) is 0 Å². The molecular weight excluding hydrogens is 525 g/mol. The quantitative estimate of drug-likeness (QED) is 0.350. The minimum absolute atomic E-state index is 0.132. The molecule has 3 aliphatic rings. The van der Waals surface area contributed by atoms with Crippen LogP contribution in [0.1, 0.15) is 75.0 Å². The van der Waals surface area contributed by atoms with Gasteiger partial charge in [-0.3, -0.25) is 5.32 Å². The number of nitrogens with zero attached hydrogens (tertiary/aromatic N) is 5. The van der Waals surface area contributed by atoms with Crippen molar-refractivity contribution in [3.05, 3.63) is 41.2 Å². The van der Waals surface area contributed by atoms with Crippen LogP contribution in [0, 0.1) is 5.92 Å². The molecule has 3 N–H and O–H groups in total. The standard InChI is InChI=1S/C27H33F3N8O2/c1-15(17-6-5-7-17)31-21-20-22(33-23(32-21)24-35-26(39)40-36-24)34-25(37(2)19-8-3-4-9-19)38(20)14-16-10-12-18(13-11-16)27(28,29)30/h10-13,15,17,19,24,36H,3-9,14H2,1-2H3,(H,35,39)(H,31,32,33)/t15-,24?/m1/s1. The molecule has 1 aliphatic heterocycles. The number of benzene rings is 1. The maximum Gasteiger partial charge on any atom is 0.427 e. The highest BCUT2D eigenvalue weighted by molar-refractivity contribution is 5.86. The van der Waals surface area contributed by atoms with Crippen molar-refractivity contribution in [2.24, 2.45) is 5.92 Å². The fourth-order valence-electron chi connectivity index (χ4n) is 5.81. The highest BCUT2D eigenvalue weighted by Crippen LogP contribution is 2.36. The summed E-state index contributed by atoms with van der Waals surface area (Å²) in [4.78, 5) is 33.2. The molecule has 3 aromatic rings. The smallest absolute Gasteiger partial charge is 0.365 e. The molecule has 40 heavy (non-hydrogen) atoms. The molecule has 0 spiro atoms. The van der Waals surface area contributed by atoms with Crippen molar-refractivity contribution < 1.29 is 22.8 Å². The normalized spacial score (nSPS) is 20.8. The first kappa shape index (κ1) is 26.6. The van der Waals surface area contributed by atoms with Gasteiger partial charge in [0.05, 0.1) is 12.1 Å². The van der Waals surface area contributed by atoms with Crippen LogP contribution in [0.5, 0.6) is 0 Å². The van der Waals surface area contributed by atoms with E-state index < -0.39 is 24.0 Å². The summed E-state index contributed by atoms with van der Waals surface area (Å²) in [6.45, 7) is 2.41. The van der Waals surface area contributed by atoms with Crippen molar-refractivity contribution in [3.63, 3.8) is 0 Å². The number of halogens is 3. The maximum atomic E-state index is 13.2. The summed E-state index contributed by atoms with van der Waals surface area (Å²) < 4.78 is 41.7. The molecule has 1 saturated heterocycles. The van der Waals surface area contributed by atoms with E-state index in [-0.39, 0.29) is 12.6 Å². The number of carbonyl (C=O) groups is 1. The number of hydroxylamine groups is 1. The van der Waals surface area contributed by atoms with Gasteiger partial charge in [0.1, 0.15) is 5.52 Å². The van der Waals surface area contributed by atoms with Gasteiger partial charge in [-0.2, -0.15) is 18.2 Å². The Morgan fingerprint density at radius 3 is 2.42 bits per heavy atom. The van der Waals surface area contributed by atoms with Gasteiger partial charge in [0.15, 0.2) is 23.5 Å². The van der Waals surface area contributed by atoms with E-state index >= 15 is 0 Å². The SMILES string of the molecule is C[C@@H](Nc1nc(C2NOC(=O)N2)nc2nc(N(C)C3CCCC3)n(Cc3ccc(C(F)(F)F)cc3)c12)C1CCC1. The summed E-state index contributed by atoms with van der Waals surface area (Å²) in [6.07, 6.45) is 2.03. The van der Waals surface area contributed by atoms with Crippen LogP contribution in [0.4, 0.5) is 29.7 Å². The lowest BCUT2D eigenvalue weighted by molar-refractivity contribution is -0.137. The average molecular weight is 559 g/mol. The third kappa shape index (κ3) is 5.14. The van der Waals surface area contributed by atoms with E-state index in [0.29, 0.717) is 46.3 Å². The Kier molecular flexibility index (Phi) is 6.93. The average Bonchev–Trinajstić information content (AvgIpc) is 3.63. The van der Waals surface area contributed by atoms with Crippen LogP contribution in [0.25, 0.3) is 11.2 Å². The van der Waals surface area contributed by atoms with Crippen LogP contribution in [0.15, 0.2) is 24.3 Å². The second-order valence-electron chi connectivity index (χ2n) is 11.1. The summed E-state index contributed by atoms with van der Waals surface area (Å²) >= 11 is 0. The molecule has 0 bridgehead atoms. The zero-order valence-corrected chi connectivity index (χ0v) is 22.5. The van der Waals surface area contributed by atoms with Gasteiger partial charge in [0.25, 0.3) is 0 Å². The first-order valence-corrected chi connectivity index (χ1v) is 13.8. The molecule has 2 aliphatic carbocycles. The van der Waals surface area contributed by atoms with Crippen molar-refractivity contribution in [2.45, 2.75) is 82.8 Å². The molecule has 2 saturated carbocycles. The van der Waals surface area contributed by atoms with Crippen molar-refractivity contribution in [1.29, 1.82) is 0 Å². The number of aromatic nitrogens is 4. The molecule has 1 unspecified atom stereocenters. The summed E-state index contributed by atoms with van der Waals surface area (Å²) in [5.41, 5.74) is 3.72. The van der Waals surface area contributed by atoms with Gasteiger partial charge in [-0.15, -0.1) is 5.48 Å². The molecular formula is C27H33F3N8O2. The van der Waals surface area contributed by atoms with Gasteiger partial charge in [0.2, 0.25) is 5.95 Å². The van der Waals surface area contributed by atoms with Gasteiger partial charge in [-0.1, -0.05) is 31.4 Å². The number of imidazole rings is 1. The lowest BCUT2D eigenvalue weighted by Gasteiger charge is -2.32. The van der Waals surface area contributed by atoms with Crippen LogP contribution in [0.2, 0.25) is 0 Å². The van der Waals surface area contributed by atoms with E-state index in [9.17, 15) is 18.0 Å². The molecule has 2 aromatic heterocycles. The number of amides is 1. The first-order valence-electron chi connectivity index (χ1n) is 13.8. The van der Waals surface area contributed by atoms with E-state index in [1.807, 2.05) is 11.6 Å². The van der Waals surface area contributed by atoms with Crippen LogP contribution in [-0.4, -0.2) is 44.7 Å². The second kappa shape index (κ2) is 10.4. The maximum absolute atomic E-state index is 13.2. The zero-order chi connectivity index (χ0) is 28.0. The topological polar surface area (TPSA) is 109 Å². The van der Waals surface area contributed by atoms with Gasteiger partial charge in [0, 0.05) is 19.1 Å². The van der Waals surface area contributed by atoms with E-state index in [0.717, 1.165) is 50.7 Å². The Hall–Kier alpha value is -3.61. The Labute approximate surface area is 229 Å². The molecule has 13 heteroatoms. The third-order valence-electron chi connectivity index (χ3n) is 8.42. The van der Waals surface area contributed by atoms with Crippen LogP contribution in [-0.2, 0) is 17.6 Å². The van der Waals surface area contributed by atoms with Gasteiger partial charge in [-0.05, 0) is 56.2 Å². The van der Waals surface area contributed by atoms with E-state index in [2.05, 4.69) is 27.9 Å². The Balaban J connectivity index is 1.46. The lowest BCUT2D eigenvalue weighted by atomic mass is 9.80. The molecule has 6 rings (SSSR count). The fourth-order valence-corrected chi connectivity index (χ4v) is 5.81. The molecule has 3 fully saturated rings. The zero-order valence-electron chi connectivity index (χ0n) is 22.5. The monoisotopic (exact) mass is 558 g/mol. The first-order chi connectivity index (χ1) is 19.2. The molecule has 10 nitrogen and oxygen atoms in total. The number of fused-ring (bicyclic) bond motifs is 1. The highest BCUT2D eigenvalue weighted by Gasteiger charge is 2.33. The van der Waals surface area contributed by atoms with Gasteiger partial charge < -0.3 is 19.6 Å². The molecule has 1 amide bonds. The number of alkyl halides is 3. The highest BCUT2D eigenvalue weighted by atomic mass is 19.4. The van der Waals surface area contributed by atoms with Crippen molar-refractivity contribution in [3.8, 4) is 0 Å². The van der Waals surface area contributed by atoms with Crippen molar-refractivity contribution in [2.75, 3.05) is 17.3 Å². The number of carbonyl (C=O) groups excluding carboxylic acids is 1. The van der Waals surface area contributed by atoms with E-state index in [1.165, 1.54) is 18.6 Å². The number of rotatable bonds is 8. The van der Waals surface area contributed by atoms with Crippen molar-refractivity contribution >= 4 is 29.0 Å². The molecule has 3 heterocycles. The van der Waals surface area contributed by atoms with E-state index in [4.69, 9.17) is 19.8 Å². The van der Waals surface area contributed by atoms with Crippen LogP contribution < -0.4 is 21.0 Å². The van der Waals surface area contributed by atoms with E-state index in [1.54, 1.807) is 0 Å². The lowest BCUT2D eigenvalue weighted by Crippen LogP contribution is -2.32. The number of hydrogen-bond donors (Lipinski definition) is 3. The number of anilines is 2. The predicted molar refractivity (Wildman–Crippen MR) is 142 cm³/mol. The Morgan fingerprint density at radius 1 is 1.10 bits per heavy atom. The molecule has 2 atom stereocenters. The van der Waals surface area contributed by atoms with Gasteiger partial charge in [-0.25, -0.2) is 14.8 Å². The van der Waals surface area contributed by atoms with Crippen molar-refractivity contribution in [1.82, 2.24) is 30.3 Å². The summed E-state index contributed by atoms with van der Waals surface area (Å²) in [5.74, 6) is 2.05. The largest absolute Gasteiger partial charge is 0.427 e. The number of nitrogens with one attached hydrogen (secondary N) is 3. The summed E-state index contributed by atoms with van der Waals surface area (Å²) in [6, 6.07) is 5.65. The summed E-state index contributed by atoms with van der Waals surface area (Å²) in [5, 5.41) is 6.22. The molecule has 0 radical (unpaired) electrons. The predicted octanol–water partition coefficient (Wildman–Crippen LogP) is 5.12. The number of hydrogen-bond acceptors (Lipinski definition) is 8. The minimum Gasteiger partial charge on any atom is -0.365 e. The van der Waals surface area contributed by atoms with Gasteiger partial charge >= 0.3 is 12.3 Å². The molecule has 1 aromatic carbocycles. The minimum atomic E-state index is -4.40. The van der Waals surface area contributed by atoms with Crippen LogP contribution >= 0.6 is 0 Å². The third-order valence-corrected chi connectivity index (χ3v) is 8.42.